The molecule has 21 heavy (non-hydrogen) atoms. The van der Waals surface area contributed by atoms with Crippen LogP contribution in [0.25, 0.3) is 0 Å². The van der Waals surface area contributed by atoms with Crippen LogP contribution in [0.2, 0.25) is 0 Å². The SMILES string of the molecule is c1ccc(N2C[S+](c3ccccc3)c3ccccc32)cc1. The summed E-state index contributed by atoms with van der Waals surface area (Å²) in [6.07, 6.45) is 0. The molecule has 1 heterocycles. The van der Waals surface area contributed by atoms with Crippen LogP contribution in [0.15, 0.2) is 94.7 Å². The van der Waals surface area contributed by atoms with Gasteiger partial charge in [0.1, 0.15) is 5.69 Å². The molecule has 0 N–H and O–H groups in total. The van der Waals surface area contributed by atoms with Gasteiger partial charge in [0.05, 0.1) is 10.9 Å². The van der Waals surface area contributed by atoms with E-state index in [2.05, 4.69) is 89.8 Å². The van der Waals surface area contributed by atoms with E-state index in [1.165, 1.54) is 21.2 Å². The third kappa shape index (κ3) is 2.22. The molecule has 0 amide bonds. The standard InChI is InChI=1S/C19H16NS/c1-3-9-16(10-4-1)20-15-21(17-11-5-2-6-12-17)19-14-8-7-13-18(19)20/h1-14H,15H2/q+1. The molecule has 0 fully saturated rings. The zero-order chi connectivity index (χ0) is 14.1. The Morgan fingerprint density at radius 3 is 2.05 bits per heavy atom. The highest BCUT2D eigenvalue weighted by atomic mass is 32.2. The highest BCUT2D eigenvalue weighted by molar-refractivity contribution is 7.97. The highest BCUT2D eigenvalue weighted by Crippen LogP contribution is 2.42. The molecule has 0 aliphatic carbocycles. The molecule has 3 aromatic carbocycles. The van der Waals surface area contributed by atoms with Gasteiger partial charge in [0, 0.05) is 5.69 Å². The summed E-state index contributed by atoms with van der Waals surface area (Å²) in [5, 5.41) is 0. The summed E-state index contributed by atoms with van der Waals surface area (Å²) in [7, 11) is 0.130. The maximum Gasteiger partial charge on any atom is 0.196 e. The predicted octanol–water partition coefficient (Wildman–Crippen LogP) is 4.83. The second-order valence-electron chi connectivity index (χ2n) is 5.06. The van der Waals surface area contributed by atoms with Crippen LogP contribution in [0.1, 0.15) is 0 Å². The summed E-state index contributed by atoms with van der Waals surface area (Å²) < 4.78 is 0. The average Bonchev–Trinajstić information content (AvgIpc) is 2.96. The quantitative estimate of drug-likeness (QED) is 0.611. The monoisotopic (exact) mass is 290 g/mol. The first kappa shape index (κ1) is 12.5. The molecular formula is C19H16NS+. The Labute approximate surface area is 128 Å². The fourth-order valence-electron chi connectivity index (χ4n) is 2.76. The zero-order valence-corrected chi connectivity index (χ0v) is 12.5. The van der Waals surface area contributed by atoms with Gasteiger partial charge in [-0.05, 0) is 36.4 Å². The Morgan fingerprint density at radius 1 is 0.667 bits per heavy atom. The van der Waals surface area contributed by atoms with Crippen LogP contribution in [0, 0.1) is 0 Å². The minimum atomic E-state index is 0.130. The summed E-state index contributed by atoms with van der Waals surface area (Å²) in [6, 6.07) is 30.3. The molecule has 102 valence electrons. The van der Waals surface area contributed by atoms with Crippen molar-refractivity contribution in [2.75, 3.05) is 10.8 Å². The van der Waals surface area contributed by atoms with E-state index in [4.69, 9.17) is 0 Å². The van der Waals surface area contributed by atoms with Crippen molar-refractivity contribution in [2.45, 2.75) is 9.79 Å². The molecule has 0 spiro atoms. The molecule has 1 nitrogen and oxygen atoms in total. The van der Waals surface area contributed by atoms with Crippen LogP contribution in [0.4, 0.5) is 11.4 Å². The average molecular weight is 290 g/mol. The van der Waals surface area contributed by atoms with Crippen molar-refractivity contribution in [1.29, 1.82) is 0 Å². The Morgan fingerprint density at radius 2 is 1.29 bits per heavy atom. The van der Waals surface area contributed by atoms with Gasteiger partial charge in [-0.25, -0.2) is 0 Å². The van der Waals surface area contributed by atoms with Crippen molar-refractivity contribution in [3.05, 3.63) is 84.9 Å². The van der Waals surface area contributed by atoms with Crippen LogP contribution in [0.5, 0.6) is 0 Å². The van der Waals surface area contributed by atoms with Gasteiger partial charge < -0.3 is 0 Å². The number of anilines is 2. The number of hydrogen-bond acceptors (Lipinski definition) is 1. The lowest BCUT2D eigenvalue weighted by molar-refractivity contribution is 1.17. The molecule has 2 heteroatoms. The van der Waals surface area contributed by atoms with Gasteiger partial charge in [-0.2, -0.15) is 0 Å². The molecule has 3 aromatic rings. The maximum atomic E-state index is 2.44. The third-order valence-corrected chi connectivity index (χ3v) is 6.01. The van der Waals surface area contributed by atoms with Gasteiger partial charge in [0.15, 0.2) is 15.7 Å². The van der Waals surface area contributed by atoms with E-state index in [0.29, 0.717) is 0 Å². The lowest BCUT2D eigenvalue weighted by Crippen LogP contribution is -2.17. The van der Waals surface area contributed by atoms with Gasteiger partial charge in [0.25, 0.3) is 0 Å². The van der Waals surface area contributed by atoms with E-state index in [9.17, 15) is 0 Å². The van der Waals surface area contributed by atoms with Crippen LogP contribution >= 0.6 is 0 Å². The first-order valence-corrected chi connectivity index (χ1v) is 8.50. The van der Waals surface area contributed by atoms with Crippen LogP contribution in [-0.2, 0) is 10.9 Å². The van der Waals surface area contributed by atoms with Crippen molar-refractivity contribution in [3.8, 4) is 0 Å². The second-order valence-corrected chi connectivity index (χ2v) is 7.02. The maximum absolute atomic E-state index is 2.44. The predicted molar refractivity (Wildman–Crippen MR) is 90.2 cm³/mol. The molecule has 1 atom stereocenters. The molecule has 0 aromatic heterocycles. The van der Waals surface area contributed by atoms with E-state index in [1.54, 1.807) is 0 Å². The van der Waals surface area contributed by atoms with Crippen molar-refractivity contribution >= 4 is 22.3 Å². The smallest absolute Gasteiger partial charge is 0.196 e. The van der Waals surface area contributed by atoms with Crippen LogP contribution in [-0.4, -0.2) is 5.88 Å². The Hall–Kier alpha value is -2.19. The summed E-state index contributed by atoms with van der Waals surface area (Å²) in [5.41, 5.74) is 2.62. The fourth-order valence-corrected chi connectivity index (χ4v) is 5.01. The fraction of sp³-hybridized carbons (Fsp3) is 0.0526. The van der Waals surface area contributed by atoms with Gasteiger partial charge in [-0.15, -0.1) is 0 Å². The normalized spacial score (nSPS) is 16.8. The zero-order valence-electron chi connectivity index (χ0n) is 11.6. The number of fused-ring (bicyclic) bond motifs is 1. The molecular weight excluding hydrogens is 274 g/mol. The summed E-state index contributed by atoms with van der Waals surface area (Å²) in [5.74, 6) is 1.04. The van der Waals surface area contributed by atoms with Crippen molar-refractivity contribution in [1.82, 2.24) is 0 Å². The second kappa shape index (κ2) is 5.30. The summed E-state index contributed by atoms with van der Waals surface area (Å²) in [6.45, 7) is 0. The minimum Gasteiger partial charge on any atom is -0.293 e. The van der Waals surface area contributed by atoms with Gasteiger partial charge in [0.2, 0.25) is 0 Å². The Balaban J connectivity index is 1.81. The largest absolute Gasteiger partial charge is 0.293 e. The Bertz CT molecular complexity index is 675. The number of benzene rings is 3. The molecule has 1 aliphatic rings. The number of nitrogens with zero attached hydrogens (tertiary/aromatic N) is 1. The van der Waals surface area contributed by atoms with Crippen molar-refractivity contribution < 1.29 is 0 Å². The van der Waals surface area contributed by atoms with E-state index < -0.39 is 0 Å². The molecule has 1 unspecified atom stereocenters. The molecule has 0 radical (unpaired) electrons. The first-order chi connectivity index (χ1) is 10.4. The highest BCUT2D eigenvalue weighted by Gasteiger charge is 2.39. The summed E-state index contributed by atoms with van der Waals surface area (Å²) >= 11 is 0. The van der Waals surface area contributed by atoms with Gasteiger partial charge >= 0.3 is 0 Å². The number of para-hydroxylation sites is 2. The van der Waals surface area contributed by atoms with Gasteiger partial charge in [-0.1, -0.05) is 48.5 Å². The lowest BCUT2D eigenvalue weighted by atomic mass is 10.2. The number of hydrogen-bond donors (Lipinski definition) is 0. The Kier molecular flexibility index (Phi) is 3.17. The van der Waals surface area contributed by atoms with E-state index in [-0.39, 0.29) is 10.9 Å². The topological polar surface area (TPSA) is 3.24 Å². The number of rotatable bonds is 2. The molecule has 0 saturated carbocycles. The lowest BCUT2D eigenvalue weighted by Gasteiger charge is -2.15. The van der Waals surface area contributed by atoms with Crippen LogP contribution < -0.4 is 4.90 Å². The molecule has 0 bridgehead atoms. The third-order valence-electron chi connectivity index (χ3n) is 3.78. The summed E-state index contributed by atoms with van der Waals surface area (Å²) in [4.78, 5) is 5.31. The van der Waals surface area contributed by atoms with Crippen molar-refractivity contribution in [3.63, 3.8) is 0 Å². The van der Waals surface area contributed by atoms with E-state index >= 15 is 0 Å². The van der Waals surface area contributed by atoms with E-state index in [0.717, 1.165) is 5.88 Å². The van der Waals surface area contributed by atoms with Gasteiger partial charge in [-0.3, -0.25) is 4.90 Å². The van der Waals surface area contributed by atoms with Crippen molar-refractivity contribution in [2.24, 2.45) is 0 Å². The van der Waals surface area contributed by atoms with E-state index in [1.807, 2.05) is 0 Å². The molecule has 1 aliphatic heterocycles. The molecule has 4 rings (SSSR count). The van der Waals surface area contributed by atoms with Crippen LogP contribution in [0.3, 0.4) is 0 Å². The molecule has 0 saturated heterocycles. The first-order valence-electron chi connectivity index (χ1n) is 7.11. The minimum absolute atomic E-state index is 0.130.